The molecule has 0 spiro atoms. The van der Waals surface area contributed by atoms with E-state index in [0.717, 1.165) is 6.66 Å². The van der Waals surface area contributed by atoms with Crippen molar-refractivity contribution in [1.82, 2.24) is 5.32 Å². The maximum Gasteiger partial charge on any atom is 0.410 e. The molecular weight excluding hydrogens is 305 g/mol. The molecule has 0 rings (SSSR count). The van der Waals surface area contributed by atoms with Crippen LogP contribution in [0.3, 0.4) is 0 Å². The highest BCUT2D eigenvalue weighted by Crippen LogP contribution is 2.35. The standard InChI is InChI=1S/C11H20NO8P/c1-7(2)10(15)19-6-20-11(16)12-8(9(13)14)4-5-21(3,17)18/h7-8H,4-6H2,1-3H3,(H,12,16)(H,13,14)(H,17,18). The Morgan fingerprint density at radius 3 is 2.24 bits per heavy atom. The van der Waals surface area contributed by atoms with E-state index in [-0.39, 0.29) is 18.5 Å². The molecule has 9 nitrogen and oxygen atoms in total. The summed E-state index contributed by atoms with van der Waals surface area (Å²) in [5.74, 6) is -2.31. The molecule has 1 amide bonds. The molecule has 0 radical (unpaired) electrons. The Bertz CT molecular complexity index is 430. The minimum atomic E-state index is -3.37. The first kappa shape index (κ1) is 19.4. The van der Waals surface area contributed by atoms with E-state index in [1.807, 2.05) is 5.32 Å². The molecule has 0 aromatic carbocycles. The van der Waals surface area contributed by atoms with Crippen LogP contribution in [0.15, 0.2) is 0 Å². The van der Waals surface area contributed by atoms with Crippen LogP contribution < -0.4 is 5.32 Å². The molecule has 0 fully saturated rings. The fourth-order valence-corrected chi connectivity index (χ4v) is 1.85. The smallest absolute Gasteiger partial charge is 0.410 e. The Labute approximate surface area is 122 Å². The van der Waals surface area contributed by atoms with E-state index in [1.165, 1.54) is 0 Å². The molecule has 0 saturated heterocycles. The highest BCUT2D eigenvalue weighted by atomic mass is 31.2. The molecule has 0 saturated carbocycles. The van der Waals surface area contributed by atoms with Crippen LogP contribution in [0, 0.1) is 5.92 Å². The number of carboxylic acid groups (broad SMARTS) is 1. The summed E-state index contributed by atoms with van der Waals surface area (Å²) in [5, 5.41) is 10.9. The van der Waals surface area contributed by atoms with Gasteiger partial charge in [0.25, 0.3) is 0 Å². The molecule has 2 unspecified atom stereocenters. The van der Waals surface area contributed by atoms with Crippen LogP contribution in [0.5, 0.6) is 0 Å². The van der Waals surface area contributed by atoms with Crippen molar-refractivity contribution in [1.29, 1.82) is 0 Å². The third kappa shape index (κ3) is 9.86. The molecule has 0 aliphatic heterocycles. The van der Waals surface area contributed by atoms with Gasteiger partial charge in [0.2, 0.25) is 6.79 Å². The third-order valence-electron chi connectivity index (χ3n) is 2.29. The summed E-state index contributed by atoms with van der Waals surface area (Å²) in [7, 11) is -3.37. The van der Waals surface area contributed by atoms with E-state index in [1.54, 1.807) is 13.8 Å². The van der Waals surface area contributed by atoms with Crippen LogP contribution in [0.25, 0.3) is 0 Å². The quantitative estimate of drug-likeness (QED) is 0.335. The van der Waals surface area contributed by atoms with E-state index in [0.29, 0.717) is 0 Å². The normalized spacial score (nSPS) is 14.9. The maximum absolute atomic E-state index is 11.3. The van der Waals surface area contributed by atoms with Crippen LogP contribution in [0.4, 0.5) is 4.79 Å². The number of hydrogen-bond acceptors (Lipinski definition) is 6. The number of alkyl carbamates (subject to hydrolysis) is 1. The molecule has 0 aliphatic rings. The van der Waals surface area contributed by atoms with Gasteiger partial charge in [0.1, 0.15) is 6.04 Å². The highest BCUT2D eigenvalue weighted by molar-refractivity contribution is 7.57. The first-order chi connectivity index (χ1) is 9.53. The van der Waals surface area contributed by atoms with Gasteiger partial charge in [-0.15, -0.1) is 0 Å². The van der Waals surface area contributed by atoms with Crippen LogP contribution >= 0.6 is 7.37 Å². The zero-order valence-electron chi connectivity index (χ0n) is 12.1. The fraction of sp³-hybridized carbons (Fsp3) is 0.727. The number of hydrogen-bond donors (Lipinski definition) is 3. The lowest BCUT2D eigenvalue weighted by molar-refractivity contribution is -0.156. The number of carbonyl (C=O) groups excluding carboxylic acids is 2. The van der Waals surface area contributed by atoms with Crippen molar-refractivity contribution in [2.24, 2.45) is 5.92 Å². The molecule has 0 aromatic heterocycles. The number of amides is 1. The van der Waals surface area contributed by atoms with E-state index >= 15 is 0 Å². The number of nitrogens with one attached hydrogen (secondary N) is 1. The van der Waals surface area contributed by atoms with Crippen LogP contribution in [-0.2, 0) is 23.6 Å². The Balaban J connectivity index is 4.21. The number of rotatable bonds is 8. The first-order valence-corrected chi connectivity index (χ1v) is 8.44. The lowest BCUT2D eigenvalue weighted by atomic mass is 10.2. The molecule has 0 bridgehead atoms. The SMILES string of the molecule is CC(C)C(=O)OCOC(=O)NC(CCP(C)(=O)O)C(=O)O. The Hall–Kier alpha value is -1.60. The van der Waals surface area contributed by atoms with Gasteiger partial charge in [0.05, 0.1) is 5.92 Å². The van der Waals surface area contributed by atoms with Crippen molar-refractivity contribution >= 4 is 25.4 Å². The molecular formula is C11H20NO8P. The largest absolute Gasteiger partial charge is 0.480 e. The molecule has 10 heteroatoms. The van der Waals surface area contributed by atoms with Crippen molar-refractivity contribution < 1.29 is 38.4 Å². The minimum Gasteiger partial charge on any atom is -0.480 e. The number of carbonyl (C=O) groups is 3. The van der Waals surface area contributed by atoms with E-state index in [9.17, 15) is 18.9 Å². The Morgan fingerprint density at radius 1 is 1.24 bits per heavy atom. The molecule has 2 atom stereocenters. The fourth-order valence-electron chi connectivity index (χ4n) is 1.12. The van der Waals surface area contributed by atoms with Gasteiger partial charge >= 0.3 is 18.0 Å². The van der Waals surface area contributed by atoms with Crippen molar-refractivity contribution in [2.75, 3.05) is 19.6 Å². The van der Waals surface area contributed by atoms with Gasteiger partial charge in [0.15, 0.2) is 7.37 Å². The van der Waals surface area contributed by atoms with Crippen molar-refractivity contribution in [2.45, 2.75) is 26.3 Å². The number of aliphatic carboxylic acids is 1. The second-order valence-electron chi connectivity index (χ2n) is 4.77. The van der Waals surface area contributed by atoms with E-state index in [4.69, 9.17) is 10.00 Å². The summed E-state index contributed by atoms with van der Waals surface area (Å²) in [6.07, 6.45) is -1.57. The summed E-state index contributed by atoms with van der Waals surface area (Å²) < 4.78 is 20.2. The summed E-state index contributed by atoms with van der Waals surface area (Å²) in [6.45, 7) is 3.65. The zero-order valence-corrected chi connectivity index (χ0v) is 13.0. The summed E-state index contributed by atoms with van der Waals surface area (Å²) >= 11 is 0. The van der Waals surface area contributed by atoms with Crippen LogP contribution in [-0.4, -0.2) is 53.7 Å². The number of carboxylic acids is 1. The molecule has 21 heavy (non-hydrogen) atoms. The average molecular weight is 325 g/mol. The van der Waals surface area contributed by atoms with Crippen molar-refractivity contribution in [3.05, 3.63) is 0 Å². The van der Waals surface area contributed by atoms with Gasteiger partial charge in [-0.05, 0) is 6.42 Å². The molecule has 0 aliphatic carbocycles. The molecule has 122 valence electrons. The second-order valence-corrected chi connectivity index (χ2v) is 7.32. The Kier molecular flexibility index (Phi) is 7.98. The van der Waals surface area contributed by atoms with Gasteiger partial charge < -0.3 is 24.8 Å². The van der Waals surface area contributed by atoms with E-state index < -0.39 is 38.2 Å². The molecule has 3 N–H and O–H groups in total. The molecule has 0 heterocycles. The predicted molar refractivity (Wildman–Crippen MR) is 72.1 cm³/mol. The van der Waals surface area contributed by atoms with Crippen LogP contribution in [0.2, 0.25) is 0 Å². The summed E-state index contributed by atoms with van der Waals surface area (Å²) in [6, 6.07) is -1.36. The van der Waals surface area contributed by atoms with Gasteiger partial charge in [-0.3, -0.25) is 9.36 Å². The van der Waals surface area contributed by atoms with Crippen molar-refractivity contribution in [3.63, 3.8) is 0 Å². The van der Waals surface area contributed by atoms with Gasteiger partial charge in [-0.25, -0.2) is 9.59 Å². The first-order valence-electron chi connectivity index (χ1n) is 6.15. The average Bonchev–Trinajstić information content (AvgIpc) is 2.32. The van der Waals surface area contributed by atoms with Gasteiger partial charge in [-0.2, -0.15) is 0 Å². The lowest BCUT2D eigenvalue weighted by Gasteiger charge is -2.15. The summed E-state index contributed by atoms with van der Waals surface area (Å²) in [4.78, 5) is 42.4. The Morgan fingerprint density at radius 2 is 1.81 bits per heavy atom. The predicted octanol–water partition coefficient (Wildman–Crippen LogP) is 0.613. The van der Waals surface area contributed by atoms with E-state index in [2.05, 4.69) is 9.47 Å². The maximum atomic E-state index is 11.3. The number of esters is 1. The summed E-state index contributed by atoms with van der Waals surface area (Å²) in [5.41, 5.74) is 0. The second kappa shape index (κ2) is 8.63. The highest BCUT2D eigenvalue weighted by Gasteiger charge is 2.23. The topological polar surface area (TPSA) is 139 Å². The number of ether oxygens (including phenoxy) is 2. The van der Waals surface area contributed by atoms with Gasteiger partial charge in [-0.1, -0.05) is 13.8 Å². The third-order valence-corrected chi connectivity index (χ3v) is 3.37. The van der Waals surface area contributed by atoms with Gasteiger partial charge in [0, 0.05) is 12.8 Å². The minimum absolute atomic E-state index is 0.222. The molecule has 0 aromatic rings. The van der Waals surface area contributed by atoms with Crippen molar-refractivity contribution in [3.8, 4) is 0 Å². The monoisotopic (exact) mass is 325 g/mol. The lowest BCUT2D eigenvalue weighted by Crippen LogP contribution is -2.42. The van der Waals surface area contributed by atoms with Crippen LogP contribution in [0.1, 0.15) is 20.3 Å². The zero-order chi connectivity index (χ0) is 16.6.